The Hall–Kier alpha value is -2.40. The first-order valence-corrected chi connectivity index (χ1v) is 8.65. The zero-order valence-corrected chi connectivity index (χ0v) is 13.8. The molecule has 1 aliphatic rings. The molecule has 0 atom stereocenters. The lowest BCUT2D eigenvalue weighted by Crippen LogP contribution is -2.32. The second-order valence-electron chi connectivity index (χ2n) is 5.60. The number of hydrogen-bond acceptors (Lipinski definition) is 5. The van der Waals surface area contributed by atoms with E-state index in [4.69, 9.17) is 4.98 Å². The molecule has 0 bridgehead atoms. The first kappa shape index (κ1) is 14.2. The number of thiazole rings is 1. The maximum Gasteiger partial charge on any atom is 0.205 e. The Balaban J connectivity index is 1.57. The summed E-state index contributed by atoms with van der Waals surface area (Å²) < 4.78 is 1.22. The maximum atomic E-state index is 4.74. The molecule has 3 heterocycles. The summed E-state index contributed by atoms with van der Waals surface area (Å²) in [4.78, 5) is 9.18. The van der Waals surface area contributed by atoms with E-state index in [0.29, 0.717) is 0 Å². The van der Waals surface area contributed by atoms with Gasteiger partial charge in [-0.3, -0.25) is 15.4 Å². The van der Waals surface area contributed by atoms with E-state index in [9.17, 15) is 0 Å². The van der Waals surface area contributed by atoms with Crippen LogP contribution in [0.1, 0.15) is 19.0 Å². The lowest BCUT2D eigenvalue weighted by Gasteiger charge is -2.16. The van der Waals surface area contributed by atoms with E-state index in [2.05, 4.69) is 46.6 Å². The molecule has 2 aromatic heterocycles. The van der Waals surface area contributed by atoms with Gasteiger partial charge in [0.05, 0.1) is 16.8 Å². The van der Waals surface area contributed by atoms with Crippen molar-refractivity contribution >= 4 is 26.7 Å². The highest BCUT2D eigenvalue weighted by molar-refractivity contribution is 7.22. The Labute approximate surface area is 139 Å². The van der Waals surface area contributed by atoms with Gasteiger partial charge in [0.1, 0.15) is 0 Å². The third-order valence-corrected chi connectivity index (χ3v) is 5.13. The molecule has 1 aliphatic heterocycles. The van der Waals surface area contributed by atoms with Gasteiger partial charge in [-0.25, -0.2) is 4.98 Å². The van der Waals surface area contributed by atoms with Crippen LogP contribution in [-0.4, -0.2) is 16.5 Å². The van der Waals surface area contributed by atoms with Crippen molar-refractivity contribution in [3.05, 3.63) is 65.6 Å². The Morgan fingerprint density at radius 2 is 2.04 bits per heavy atom. The Kier molecular flexibility index (Phi) is 3.71. The highest BCUT2D eigenvalue weighted by Crippen LogP contribution is 2.31. The van der Waals surface area contributed by atoms with Crippen LogP contribution in [0.5, 0.6) is 0 Å². The summed E-state index contributed by atoms with van der Waals surface area (Å²) in [7, 11) is 0. The van der Waals surface area contributed by atoms with Crippen LogP contribution >= 0.6 is 11.3 Å². The van der Waals surface area contributed by atoms with E-state index >= 15 is 0 Å². The SMILES string of the molecule is CCC1=C(Cc2ccccn2)NN(c2nc3ccccc3s2)C1. The van der Waals surface area contributed by atoms with E-state index in [-0.39, 0.29) is 0 Å². The van der Waals surface area contributed by atoms with E-state index in [1.165, 1.54) is 16.0 Å². The van der Waals surface area contributed by atoms with Gasteiger partial charge in [-0.2, -0.15) is 0 Å². The highest BCUT2D eigenvalue weighted by atomic mass is 32.1. The predicted octanol–water partition coefficient (Wildman–Crippen LogP) is 3.92. The van der Waals surface area contributed by atoms with Gasteiger partial charge in [0, 0.05) is 24.0 Å². The Bertz CT molecular complexity index is 821. The standard InChI is InChI=1S/C18H18N4S/c1-2-13-12-22(18-20-15-8-3-4-9-17(15)23-18)21-16(13)11-14-7-5-6-10-19-14/h3-10,21H,2,11-12H2,1H3. The molecular weight excluding hydrogens is 304 g/mol. The fourth-order valence-corrected chi connectivity index (χ4v) is 3.76. The molecule has 3 aromatic rings. The van der Waals surface area contributed by atoms with E-state index in [0.717, 1.165) is 35.7 Å². The quantitative estimate of drug-likeness (QED) is 0.790. The zero-order chi connectivity index (χ0) is 15.6. The van der Waals surface area contributed by atoms with Gasteiger partial charge in [-0.15, -0.1) is 0 Å². The van der Waals surface area contributed by atoms with Crippen molar-refractivity contribution in [2.75, 3.05) is 11.6 Å². The molecule has 0 radical (unpaired) electrons. The molecule has 0 fully saturated rings. The zero-order valence-electron chi connectivity index (χ0n) is 13.0. The van der Waals surface area contributed by atoms with Gasteiger partial charge in [0.15, 0.2) is 0 Å². The largest absolute Gasteiger partial charge is 0.300 e. The fraction of sp³-hybridized carbons (Fsp3) is 0.222. The number of nitrogens with zero attached hydrogens (tertiary/aromatic N) is 3. The minimum absolute atomic E-state index is 0.839. The molecule has 0 saturated heterocycles. The highest BCUT2D eigenvalue weighted by Gasteiger charge is 2.23. The molecule has 0 aliphatic carbocycles. The molecular formula is C18H18N4S. The molecule has 0 amide bonds. The monoisotopic (exact) mass is 322 g/mol. The summed E-state index contributed by atoms with van der Waals surface area (Å²) >= 11 is 1.73. The van der Waals surface area contributed by atoms with E-state index in [1.54, 1.807) is 11.3 Å². The van der Waals surface area contributed by atoms with Gasteiger partial charge in [0.2, 0.25) is 5.13 Å². The molecule has 4 rings (SSSR count). The smallest absolute Gasteiger partial charge is 0.205 e. The van der Waals surface area contributed by atoms with Crippen molar-refractivity contribution in [1.29, 1.82) is 0 Å². The molecule has 1 aromatic carbocycles. The number of aromatic nitrogens is 2. The van der Waals surface area contributed by atoms with Crippen LogP contribution in [0.4, 0.5) is 5.13 Å². The topological polar surface area (TPSA) is 41.1 Å². The normalized spacial score (nSPS) is 14.6. The number of hydrogen-bond donors (Lipinski definition) is 1. The molecule has 0 saturated carbocycles. The second-order valence-corrected chi connectivity index (χ2v) is 6.60. The molecule has 0 spiro atoms. The molecule has 23 heavy (non-hydrogen) atoms. The average molecular weight is 322 g/mol. The van der Waals surface area contributed by atoms with Gasteiger partial charge in [-0.05, 0) is 36.3 Å². The van der Waals surface area contributed by atoms with Gasteiger partial charge >= 0.3 is 0 Å². The maximum absolute atomic E-state index is 4.74. The third-order valence-electron chi connectivity index (χ3n) is 4.07. The van der Waals surface area contributed by atoms with Crippen molar-refractivity contribution in [1.82, 2.24) is 15.4 Å². The molecule has 116 valence electrons. The van der Waals surface area contributed by atoms with Crippen LogP contribution in [0.15, 0.2) is 59.9 Å². The number of allylic oxidation sites excluding steroid dienone is 1. The minimum Gasteiger partial charge on any atom is -0.300 e. The van der Waals surface area contributed by atoms with Gasteiger partial charge in [0.25, 0.3) is 0 Å². The first-order chi connectivity index (χ1) is 11.3. The number of benzene rings is 1. The van der Waals surface area contributed by atoms with Crippen LogP contribution in [0.25, 0.3) is 10.2 Å². The fourth-order valence-electron chi connectivity index (χ4n) is 2.83. The number of fused-ring (bicyclic) bond motifs is 1. The van der Waals surface area contributed by atoms with Crippen molar-refractivity contribution in [2.45, 2.75) is 19.8 Å². The van der Waals surface area contributed by atoms with Crippen LogP contribution in [0.3, 0.4) is 0 Å². The number of hydrazine groups is 1. The van der Waals surface area contributed by atoms with Crippen molar-refractivity contribution in [3.63, 3.8) is 0 Å². The predicted molar refractivity (Wildman–Crippen MR) is 95.4 cm³/mol. The van der Waals surface area contributed by atoms with Crippen LogP contribution in [0.2, 0.25) is 0 Å². The number of nitrogens with one attached hydrogen (secondary N) is 1. The van der Waals surface area contributed by atoms with Crippen molar-refractivity contribution < 1.29 is 0 Å². The molecule has 0 unspecified atom stereocenters. The summed E-state index contributed by atoms with van der Waals surface area (Å²) in [5.41, 5.74) is 8.37. The molecule has 4 nitrogen and oxygen atoms in total. The first-order valence-electron chi connectivity index (χ1n) is 7.84. The second kappa shape index (κ2) is 6.01. The van der Waals surface area contributed by atoms with Gasteiger partial charge in [-0.1, -0.05) is 36.5 Å². The number of pyridine rings is 1. The summed E-state index contributed by atoms with van der Waals surface area (Å²) in [5.74, 6) is 0. The summed E-state index contributed by atoms with van der Waals surface area (Å²) in [6, 6.07) is 14.3. The van der Waals surface area contributed by atoms with Crippen LogP contribution < -0.4 is 10.4 Å². The average Bonchev–Trinajstić information content (AvgIpc) is 3.19. The van der Waals surface area contributed by atoms with Gasteiger partial charge < -0.3 is 0 Å². The number of anilines is 1. The van der Waals surface area contributed by atoms with Crippen molar-refractivity contribution in [3.8, 4) is 0 Å². The number of para-hydroxylation sites is 1. The van der Waals surface area contributed by atoms with Crippen LogP contribution in [0, 0.1) is 0 Å². The van der Waals surface area contributed by atoms with Crippen molar-refractivity contribution in [2.24, 2.45) is 0 Å². The lowest BCUT2D eigenvalue weighted by molar-refractivity contribution is 0.776. The molecule has 5 heteroatoms. The molecule has 1 N–H and O–H groups in total. The summed E-state index contributed by atoms with van der Waals surface area (Å²) in [6.07, 6.45) is 3.73. The minimum atomic E-state index is 0.839. The van der Waals surface area contributed by atoms with E-state index < -0.39 is 0 Å². The van der Waals surface area contributed by atoms with E-state index in [1.807, 2.05) is 24.4 Å². The van der Waals surface area contributed by atoms with Crippen LogP contribution in [-0.2, 0) is 6.42 Å². The third kappa shape index (κ3) is 2.80. The Morgan fingerprint density at radius 3 is 2.83 bits per heavy atom. The lowest BCUT2D eigenvalue weighted by atomic mass is 10.1. The summed E-state index contributed by atoms with van der Waals surface area (Å²) in [5, 5.41) is 3.18. The number of rotatable bonds is 4. The Morgan fingerprint density at radius 1 is 1.17 bits per heavy atom. The summed E-state index contributed by atoms with van der Waals surface area (Å²) in [6.45, 7) is 3.09.